The van der Waals surface area contributed by atoms with E-state index in [0.29, 0.717) is 30.9 Å². The van der Waals surface area contributed by atoms with Crippen LogP contribution in [0.25, 0.3) is 11.4 Å². The molecule has 0 saturated carbocycles. The van der Waals surface area contributed by atoms with E-state index < -0.39 is 0 Å². The van der Waals surface area contributed by atoms with E-state index in [-0.39, 0.29) is 0 Å². The molecule has 1 saturated heterocycles. The highest BCUT2D eigenvalue weighted by Crippen LogP contribution is 2.34. The number of ether oxygens (including phenoxy) is 1. The van der Waals surface area contributed by atoms with Crippen LogP contribution in [0.3, 0.4) is 0 Å². The number of hydrogen-bond donors (Lipinski definition) is 0. The Kier molecular flexibility index (Phi) is 5.21. The lowest BCUT2D eigenvalue weighted by Gasteiger charge is -2.23. The van der Waals surface area contributed by atoms with E-state index in [1.165, 1.54) is 12.0 Å². The van der Waals surface area contributed by atoms with Gasteiger partial charge in [0.1, 0.15) is 5.75 Å². The van der Waals surface area contributed by atoms with Crippen molar-refractivity contribution in [3.05, 3.63) is 65.5 Å². The summed E-state index contributed by atoms with van der Waals surface area (Å²) in [7, 11) is 0. The van der Waals surface area contributed by atoms with Crippen LogP contribution in [0.15, 0.2) is 53.1 Å². The van der Waals surface area contributed by atoms with E-state index in [2.05, 4.69) is 52.3 Å². The van der Waals surface area contributed by atoms with Gasteiger partial charge in [-0.1, -0.05) is 41.6 Å². The molecule has 0 N–H and O–H groups in total. The van der Waals surface area contributed by atoms with Crippen molar-refractivity contribution < 1.29 is 9.26 Å². The minimum absolute atomic E-state index is 0.384. The summed E-state index contributed by atoms with van der Waals surface area (Å²) in [6.45, 7) is 6.47. The van der Waals surface area contributed by atoms with Crippen molar-refractivity contribution in [1.29, 1.82) is 0 Å². The molecule has 27 heavy (non-hydrogen) atoms. The summed E-state index contributed by atoms with van der Waals surface area (Å²) in [6, 6.07) is 16.9. The highest BCUT2D eigenvalue weighted by Gasteiger charge is 2.27. The predicted octanol–water partition coefficient (Wildman–Crippen LogP) is 4.78. The van der Waals surface area contributed by atoms with Gasteiger partial charge in [0.2, 0.25) is 11.7 Å². The molecular formula is C22H25N3O2. The molecule has 1 aliphatic rings. The van der Waals surface area contributed by atoms with Crippen LogP contribution in [0.5, 0.6) is 5.75 Å². The van der Waals surface area contributed by atoms with Crippen LogP contribution < -0.4 is 4.74 Å². The molecule has 0 spiro atoms. The lowest BCUT2D eigenvalue weighted by molar-refractivity contribution is 0.212. The summed E-state index contributed by atoms with van der Waals surface area (Å²) in [5, 5.41) is 4.19. The number of rotatable bonds is 6. The van der Waals surface area contributed by atoms with Crippen LogP contribution >= 0.6 is 0 Å². The van der Waals surface area contributed by atoms with Crippen molar-refractivity contribution in [3.63, 3.8) is 0 Å². The Morgan fingerprint density at radius 1 is 1.15 bits per heavy atom. The number of hydrogen-bond acceptors (Lipinski definition) is 5. The molecule has 5 nitrogen and oxygen atoms in total. The lowest BCUT2D eigenvalue weighted by Crippen LogP contribution is -2.22. The monoisotopic (exact) mass is 363 g/mol. The second-order valence-corrected chi connectivity index (χ2v) is 6.96. The fraction of sp³-hybridized carbons (Fsp3) is 0.364. The van der Waals surface area contributed by atoms with Gasteiger partial charge in [0.25, 0.3) is 0 Å². The van der Waals surface area contributed by atoms with Gasteiger partial charge < -0.3 is 9.26 Å². The van der Waals surface area contributed by atoms with E-state index in [1.54, 1.807) is 0 Å². The molecule has 4 rings (SSSR count). The SMILES string of the molecule is CCOc1ccc([C@H]2CCCN2Cc2nc(-c3ccccc3C)no2)cc1. The maximum Gasteiger partial charge on any atom is 0.241 e. The number of aromatic nitrogens is 2. The Hall–Kier alpha value is -2.66. The summed E-state index contributed by atoms with van der Waals surface area (Å²) in [5.41, 5.74) is 3.49. The first-order valence-electron chi connectivity index (χ1n) is 9.60. The van der Waals surface area contributed by atoms with Gasteiger partial charge in [-0.3, -0.25) is 4.90 Å². The van der Waals surface area contributed by atoms with Crippen LogP contribution in [0, 0.1) is 6.92 Å². The summed E-state index contributed by atoms with van der Waals surface area (Å²) in [5.74, 6) is 2.26. The summed E-state index contributed by atoms with van der Waals surface area (Å²) in [4.78, 5) is 7.05. The second kappa shape index (κ2) is 7.92. The molecular weight excluding hydrogens is 338 g/mol. The van der Waals surface area contributed by atoms with Crippen LogP contribution in [-0.4, -0.2) is 28.2 Å². The van der Waals surface area contributed by atoms with Crippen molar-refractivity contribution in [2.75, 3.05) is 13.2 Å². The zero-order valence-electron chi connectivity index (χ0n) is 15.9. The number of likely N-dealkylation sites (tertiary alicyclic amines) is 1. The van der Waals surface area contributed by atoms with Crippen molar-refractivity contribution in [2.24, 2.45) is 0 Å². The molecule has 0 bridgehead atoms. The second-order valence-electron chi connectivity index (χ2n) is 6.96. The largest absolute Gasteiger partial charge is 0.494 e. The van der Waals surface area contributed by atoms with Crippen LogP contribution in [0.2, 0.25) is 0 Å². The van der Waals surface area contributed by atoms with E-state index in [4.69, 9.17) is 9.26 Å². The fourth-order valence-electron chi connectivity index (χ4n) is 3.77. The molecule has 1 aliphatic heterocycles. The Bertz CT molecular complexity index is 889. The van der Waals surface area contributed by atoms with Gasteiger partial charge in [-0.15, -0.1) is 0 Å². The van der Waals surface area contributed by atoms with Gasteiger partial charge >= 0.3 is 0 Å². The Morgan fingerprint density at radius 3 is 2.74 bits per heavy atom. The minimum Gasteiger partial charge on any atom is -0.494 e. The van der Waals surface area contributed by atoms with Crippen LogP contribution in [0.1, 0.15) is 42.8 Å². The number of benzene rings is 2. The molecule has 0 aliphatic carbocycles. The highest BCUT2D eigenvalue weighted by molar-refractivity contribution is 5.58. The third kappa shape index (κ3) is 3.88. The van der Waals surface area contributed by atoms with E-state index in [9.17, 15) is 0 Å². The van der Waals surface area contributed by atoms with E-state index in [0.717, 1.165) is 29.8 Å². The number of aryl methyl sites for hydroxylation is 1. The average Bonchev–Trinajstić information content (AvgIpc) is 3.33. The third-order valence-corrected chi connectivity index (χ3v) is 5.13. The van der Waals surface area contributed by atoms with Gasteiger partial charge in [-0.2, -0.15) is 4.98 Å². The predicted molar refractivity (Wildman–Crippen MR) is 104 cm³/mol. The smallest absolute Gasteiger partial charge is 0.241 e. The average molecular weight is 363 g/mol. The highest BCUT2D eigenvalue weighted by atomic mass is 16.5. The molecule has 1 aromatic heterocycles. The summed E-state index contributed by atoms with van der Waals surface area (Å²) in [6.07, 6.45) is 2.32. The molecule has 5 heteroatoms. The molecule has 1 fully saturated rings. The summed E-state index contributed by atoms with van der Waals surface area (Å²) < 4.78 is 11.1. The van der Waals surface area contributed by atoms with Crippen molar-refractivity contribution >= 4 is 0 Å². The van der Waals surface area contributed by atoms with Gasteiger partial charge in [0, 0.05) is 11.6 Å². The Morgan fingerprint density at radius 2 is 1.96 bits per heavy atom. The Labute approximate surface area is 160 Å². The van der Waals surface area contributed by atoms with Crippen molar-refractivity contribution in [1.82, 2.24) is 15.0 Å². The third-order valence-electron chi connectivity index (χ3n) is 5.13. The maximum atomic E-state index is 5.55. The van der Waals surface area contributed by atoms with Gasteiger partial charge in [0.15, 0.2) is 0 Å². The normalized spacial score (nSPS) is 17.3. The molecule has 0 unspecified atom stereocenters. The zero-order chi connectivity index (χ0) is 18.6. The molecule has 0 amide bonds. The van der Waals surface area contributed by atoms with Crippen LogP contribution in [-0.2, 0) is 6.54 Å². The van der Waals surface area contributed by atoms with Crippen LogP contribution in [0.4, 0.5) is 0 Å². The van der Waals surface area contributed by atoms with Crippen molar-refractivity contribution in [3.8, 4) is 17.1 Å². The molecule has 2 heterocycles. The van der Waals surface area contributed by atoms with E-state index in [1.807, 2.05) is 25.1 Å². The molecule has 3 aromatic rings. The number of nitrogens with zero attached hydrogens (tertiary/aromatic N) is 3. The Balaban J connectivity index is 1.48. The summed E-state index contributed by atoms with van der Waals surface area (Å²) >= 11 is 0. The molecule has 2 aromatic carbocycles. The lowest BCUT2D eigenvalue weighted by atomic mass is 10.0. The van der Waals surface area contributed by atoms with Gasteiger partial charge in [0.05, 0.1) is 13.2 Å². The minimum atomic E-state index is 0.384. The standard InChI is InChI=1S/C22H25N3O2/c1-3-26-18-12-10-17(11-13-18)20-9-6-14-25(20)15-21-23-22(24-27-21)19-8-5-4-7-16(19)2/h4-5,7-8,10-13,20H,3,6,9,14-15H2,1-2H3/t20-/m1/s1. The molecule has 1 atom stereocenters. The maximum absolute atomic E-state index is 5.55. The van der Waals surface area contributed by atoms with Gasteiger partial charge in [-0.25, -0.2) is 0 Å². The fourth-order valence-corrected chi connectivity index (χ4v) is 3.77. The quantitative estimate of drug-likeness (QED) is 0.631. The molecule has 0 radical (unpaired) electrons. The van der Waals surface area contributed by atoms with Crippen molar-refractivity contribution in [2.45, 2.75) is 39.3 Å². The van der Waals surface area contributed by atoms with Gasteiger partial charge in [-0.05, 0) is 56.5 Å². The van der Waals surface area contributed by atoms with E-state index >= 15 is 0 Å². The molecule has 140 valence electrons. The topological polar surface area (TPSA) is 51.4 Å². The first kappa shape index (κ1) is 17.7. The first-order valence-corrected chi connectivity index (χ1v) is 9.60. The first-order chi connectivity index (χ1) is 13.2. The zero-order valence-corrected chi connectivity index (χ0v) is 15.9.